The molecular formula is C26H34INO5S. The number of fused-ring (bicyclic) bond motifs is 1. The van der Waals surface area contributed by atoms with Gasteiger partial charge in [-0.3, -0.25) is 4.21 Å². The maximum Gasteiger partial charge on any atom is 0.341 e. The fourth-order valence-electron chi connectivity index (χ4n) is 4.93. The number of ether oxygens (including phenoxy) is 3. The fraction of sp³-hybridized carbons (Fsp3) is 0.500. The van der Waals surface area contributed by atoms with Crippen LogP contribution in [0.4, 0.5) is 5.69 Å². The summed E-state index contributed by atoms with van der Waals surface area (Å²) in [5.74, 6) is 0.390. The van der Waals surface area contributed by atoms with Gasteiger partial charge in [-0.05, 0) is 113 Å². The molecule has 2 aromatic rings. The number of aryl methyl sites for hydroxylation is 1. The molecule has 2 heterocycles. The highest BCUT2D eigenvalue weighted by Crippen LogP contribution is 2.40. The lowest BCUT2D eigenvalue weighted by molar-refractivity contribution is 0.0483. The molecule has 1 fully saturated rings. The van der Waals surface area contributed by atoms with Crippen LogP contribution in [0.15, 0.2) is 41.3 Å². The fourth-order valence-corrected chi connectivity index (χ4v) is 7.96. The second kappa shape index (κ2) is 11.0. The number of halogens is 1. The highest BCUT2D eigenvalue weighted by atomic mass is 127. The summed E-state index contributed by atoms with van der Waals surface area (Å²) in [6.45, 7) is 4.14. The van der Waals surface area contributed by atoms with Gasteiger partial charge in [-0.1, -0.05) is 6.92 Å². The molecule has 0 saturated carbocycles. The van der Waals surface area contributed by atoms with Crippen LogP contribution in [0.3, 0.4) is 0 Å². The maximum atomic E-state index is 14.5. The van der Waals surface area contributed by atoms with Crippen molar-refractivity contribution in [1.82, 2.24) is 0 Å². The molecule has 34 heavy (non-hydrogen) atoms. The van der Waals surface area contributed by atoms with E-state index in [4.69, 9.17) is 14.2 Å². The first-order chi connectivity index (χ1) is 16.3. The Morgan fingerprint density at radius 1 is 1.18 bits per heavy atom. The summed E-state index contributed by atoms with van der Waals surface area (Å²) in [5.41, 5.74) is 2.58. The van der Waals surface area contributed by atoms with Gasteiger partial charge in [0.1, 0.15) is 11.3 Å². The molecule has 0 unspecified atom stereocenters. The summed E-state index contributed by atoms with van der Waals surface area (Å²) >= 11 is 2.32. The molecule has 0 N–H and O–H groups in total. The smallest absolute Gasteiger partial charge is 0.341 e. The molecule has 4 rings (SSSR count). The largest absolute Gasteiger partial charge is 0.492 e. The second-order valence-electron chi connectivity index (χ2n) is 9.14. The van der Waals surface area contributed by atoms with Crippen molar-refractivity contribution in [2.75, 3.05) is 37.5 Å². The molecule has 186 valence electrons. The van der Waals surface area contributed by atoms with E-state index >= 15 is 0 Å². The number of carbonyl (C=O) groups excluding carboxylic acids is 1. The zero-order valence-electron chi connectivity index (χ0n) is 20.1. The Kier molecular flexibility index (Phi) is 8.20. The average molecular weight is 600 g/mol. The van der Waals surface area contributed by atoms with Crippen molar-refractivity contribution in [2.45, 2.75) is 50.0 Å². The van der Waals surface area contributed by atoms with Gasteiger partial charge in [0.2, 0.25) is 0 Å². The first-order valence-electron chi connectivity index (χ1n) is 11.9. The third-order valence-electron chi connectivity index (χ3n) is 6.93. The minimum absolute atomic E-state index is 0.175. The number of methoxy groups -OCH3 is 1. The van der Waals surface area contributed by atoms with E-state index in [1.807, 2.05) is 12.3 Å². The Morgan fingerprint density at radius 3 is 2.65 bits per heavy atom. The predicted octanol–water partition coefficient (Wildman–Crippen LogP) is 5.04. The minimum Gasteiger partial charge on any atom is -0.492 e. The van der Waals surface area contributed by atoms with Crippen LogP contribution in [-0.4, -0.2) is 49.4 Å². The first kappa shape index (κ1) is 25.4. The van der Waals surface area contributed by atoms with Crippen LogP contribution in [0.2, 0.25) is 0 Å². The van der Waals surface area contributed by atoms with Crippen molar-refractivity contribution < 1.29 is 23.2 Å². The molecule has 0 aliphatic carbocycles. The van der Waals surface area contributed by atoms with Crippen molar-refractivity contribution >= 4 is 44.4 Å². The van der Waals surface area contributed by atoms with E-state index in [2.05, 4.69) is 52.0 Å². The van der Waals surface area contributed by atoms with Crippen LogP contribution in [-0.2, 0) is 26.0 Å². The van der Waals surface area contributed by atoms with Gasteiger partial charge in [-0.2, -0.15) is 0 Å². The third kappa shape index (κ3) is 5.28. The first-order valence-corrected chi connectivity index (χ1v) is 15.1. The van der Waals surface area contributed by atoms with Crippen LogP contribution < -0.4 is 9.04 Å². The lowest BCUT2D eigenvalue weighted by Crippen LogP contribution is -2.46. The molecule has 2 aliphatic rings. The molecule has 0 spiro atoms. The molecule has 0 bridgehead atoms. The Balaban J connectivity index is 1.68. The van der Waals surface area contributed by atoms with Gasteiger partial charge in [0.25, 0.3) is 0 Å². The number of benzene rings is 2. The van der Waals surface area contributed by atoms with E-state index in [-0.39, 0.29) is 6.04 Å². The third-order valence-corrected chi connectivity index (χ3v) is 10.2. The average Bonchev–Trinajstić information content (AvgIpc) is 2.86. The van der Waals surface area contributed by atoms with Crippen molar-refractivity contribution in [3.63, 3.8) is 0 Å². The highest BCUT2D eigenvalue weighted by Gasteiger charge is 2.34. The van der Waals surface area contributed by atoms with Gasteiger partial charge < -0.3 is 18.5 Å². The van der Waals surface area contributed by atoms with Gasteiger partial charge in [0.05, 0.1) is 19.4 Å². The molecule has 6 nitrogen and oxygen atoms in total. The van der Waals surface area contributed by atoms with Crippen LogP contribution in [0.5, 0.6) is 5.75 Å². The van der Waals surface area contributed by atoms with Crippen molar-refractivity contribution in [3.05, 3.63) is 51.1 Å². The maximum absolute atomic E-state index is 14.5. The van der Waals surface area contributed by atoms with Gasteiger partial charge in [-0.25, -0.2) is 4.79 Å². The number of anilines is 1. The number of rotatable bonds is 7. The second-order valence-corrected chi connectivity index (χ2v) is 13.1. The summed E-state index contributed by atoms with van der Waals surface area (Å²) in [6, 6.07) is 11.8. The highest BCUT2D eigenvalue weighted by molar-refractivity contribution is 14.1. The Hall–Kier alpha value is -1.65. The number of esters is 1. The minimum atomic E-state index is -3.03. The number of carbonyl (C=O) groups is 1. The Bertz CT molecular complexity index is 1080. The molecule has 0 radical (unpaired) electrons. The quantitative estimate of drug-likeness (QED) is 0.275. The number of thiol groups is 1. The summed E-state index contributed by atoms with van der Waals surface area (Å²) in [5, 5.41) is 0. The number of nitrogens with zero attached hydrogens (tertiary/aromatic N) is 1. The van der Waals surface area contributed by atoms with E-state index in [0.29, 0.717) is 28.7 Å². The van der Waals surface area contributed by atoms with Gasteiger partial charge in [-0.15, -0.1) is 0 Å². The predicted molar refractivity (Wildman–Crippen MR) is 145 cm³/mol. The number of hydrogen-bond donors (Lipinski definition) is 1. The summed E-state index contributed by atoms with van der Waals surface area (Å²) in [6.07, 6.45) is 6.54. The molecule has 2 aliphatic heterocycles. The molecule has 1 saturated heterocycles. The normalized spacial score (nSPS) is 19.4. The molecule has 0 amide bonds. The zero-order valence-corrected chi connectivity index (χ0v) is 23.1. The Morgan fingerprint density at radius 2 is 1.94 bits per heavy atom. The van der Waals surface area contributed by atoms with E-state index in [1.54, 1.807) is 12.1 Å². The van der Waals surface area contributed by atoms with E-state index in [0.717, 1.165) is 51.0 Å². The van der Waals surface area contributed by atoms with Gasteiger partial charge in [0, 0.05) is 34.0 Å². The van der Waals surface area contributed by atoms with E-state index < -0.39 is 16.1 Å². The van der Waals surface area contributed by atoms with Crippen LogP contribution >= 0.6 is 22.6 Å². The summed E-state index contributed by atoms with van der Waals surface area (Å²) in [7, 11) is -1.67. The van der Waals surface area contributed by atoms with Crippen molar-refractivity contribution in [2.24, 2.45) is 5.92 Å². The van der Waals surface area contributed by atoms with Gasteiger partial charge >= 0.3 is 5.97 Å². The molecule has 0 aromatic heterocycles. The SMILES string of the molecule is CC[C@H]1CCc2cc(I)ccc2N1[SH](C)(=O)c1ccc(OCC2CCOCC2)c(C(=O)OC)c1. The van der Waals surface area contributed by atoms with Gasteiger partial charge in [0.15, 0.2) is 0 Å². The summed E-state index contributed by atoms with van der Waals surface area (Å²) in [4.78, 5) is 13.3. The molecule has 2 aromatic carbocycles. The molecule has 1 atom stereocenters. The topological polar surface area (TPSA) is 65.1 Å². The van der Waals surface area contributed by atoms with E-state index in [1.165, 1.54) is 16.2 Å². The van der Waals surface area contributed by atoms with Crippen molar-refractivity contribution in [1.29, 1.82) is 0 Å². The molecule has 8 heteroatoms. The number of hydrogen-bond acceptors (Lipinski definition) is 5. The van der Waals surface area contributed by atoms with Crippen LogP contribution in [0.1, 0.15) is 48.5 Å². The van der Waals surface area contributed by atoms with Crippen LogP contribution in [0.25, 0.3) is 0 Å². The van der Waals surface area contributed by atoms with E-state index in [9.17, 15) is 9.00 Å². The lowest BCUT2D eigenvalue weighted by Gasteiger charge is -2.45. The van der Waals surface area contributed by atoms with Crippen molar-refractivity contribution in [3.8, 4) is 5.75 Å². The Labute approximate surface area is 217 Å². The zero-order chi connectivity index (χ0) is 24.3. The molecular weight excluding hydrogens is 565 g/mol. The monoisotopic (exact) mass is 599 g/mol. The standard InChI is InChI=1S/C26H34INO5S/c1-4-21-7-5-19-15-20(27)6-9-24(19)28(21)34(3,30)22-8-10-25(23(16-22)26(29)31-2)33-17-18-11-13-32-14-12-18/h6,8-10,15-16,18,21,34H,4-5,7,11-14,17H2,1-3H3/t21-/m0/s1. The summed E-state index contributed by atoms with van der Waals surface area (Å²) < 4.78 is 34.3. The van der Waals surface area contributed by atoms with Crippen LogP contribution in [0, 0.1) is 9.49 Å². The lowest BCUT2D eigenvalue weighted by atomic mass is 9.97.